The van der Waals surface area contributed by atoms with Crippen LogP contribution in [0.25, 0.3) is 17.3 Å². The molecule has 33 heavy (non-hydrogen) atoms. The molecule has 4 aromatic rings. The van der Waals surface area contributed by atoms with Crippen molar-refractivity contribution >= 4 is 46.2 Å². The molecule has 1 heterocycles. The van der Waals surface area contributed by atoms with Crippen molar-refractivity contribution in [2.45, 2.75) is 6.92 Å². The molecule has 0 unspecified atom stereocenters. The molecule has 1 N–H and O–H groups in total. The Labute approximate surface area is 199 Å². The fourth-order valence-electron chi connectivity index (χ4n) is 3.31. The van der Waals surface area contributed by atoms with Gasteiger partial charge < -0.3 is 5.32 Å². The Kier molecular flexibility index (Phi) is 6.55. The minimum absolute atomic E-state index is 0.152. The molecular weight excluding hydrogens is 454 g/mol. The highest BCUT2D eigenvalue weighted by molar-refractivity contribution is 7.07. The van der Waals surface area contributed by atoms with Gasteiger partial charge in [-0.3, -0.25) is 14.2 Å². The number of nitriles is 1. The lowest BCUT2D eigenvalue weighted by Crippen LogP contribution is -2.32. The van der Waals surface area contributed by atoms with Crippen molar-refractivity contribution in [2.75, 3.05) is 5.32 Å². The van der Waals surface area contributed by atoms with Gasteiger partial charge in [0, 0.05) is 10.7 Å². The Morgan fingerprint density at radius 2 is 1.79 bits per heavy atom. The van der Waals surface area contributed by atoms with Crippen LogP contribution in [0.15, 0.2) is 83.7 Å². The summed E-state index contributed by atoms with van der Waals surface area (Å²) < 4.78 is 2.00. The quantitative estimate of drug-likeness (QED) is 0.488. The van der Waals surface area contributed by atoms with E-state index >= 15 is 0 Å². The molecule has 0 fully saturated rings. The number of halogens is 1. The Morgan fingerprint density at radius 1 is 1.06 bits per heavy atom. The number of aryl methyl sites for hydroxylation is 1. The average molecular weight is 472 g/mol. The highest BCUT2D eigenvalue weighted by Crippen LogP contribution is 2.15. The van der Waals surface area contributed by atoms with Gasteiger partial charge in [-0.25, -0.2) is 0 Å². The van der Waals surface area contributed by atoms with Crippen LogP contribution in [-0.2, 0) is 4.79 Å². The fraction of sp³-hybridized carbons (Fsp3) is 0.0385. The van der Waals surface area contributed by atoms with E-state index < -0.39 is 5.91 Å². The van der Waals surface area contributed by atoms with Crippen LogP contribution in [0.1, 0.15) is 11.1 Å². The first-order valence-electron chi connectivity index (χ1n) is 10.0. The number of carbonyl (C=O) groups is 1. The average Bonchev–Trinajstić information content (AvgIpc) is 3.12. The first-order valence-corrected chi connectivity index (χ1v) is 11.2. The largest absolute Gasteiger partial charge is 0.321 e. The van der Waals surface area contributed by atoms with Crippen LogP contribution in [0, 0.1) is 18.3 Å². The van der Waals surface area contributed by atoms with Crippen molar-refractivity contribution in [1.29, 1.82) is 5.26 Å². The van der Waals surface area contributed by atoms with Crippen LogP contribution < -0.4 is 20.1 Å². The third-order valence-electron chi connectivity index (χ3n) is 4.86. The molecule has 0 saturated heterocycles. The summed E-state index contributed by atoms with van der Waals surface area (Å²) in [6.45, 7) is 1.91. The second-order valence-electron chi connectivity index (χ2n) is 7.22. The fourth-order valence-corrected chi connectivity index (χ4v) is 4.59. The highest BCUT2D eigenvalue weighted by Gasteiger charge is 2.17. The molecule has 5 nitrogen and oxygen atoms in total. The van der Waals surface area contributed by atoms with Crippen molar-refractivity contribution in [2.24, 2.45) is 0 Å². The molecule has 0 bridgehead atoms. The Balaban J connectivity index is 1.97. The van der Waals surface area contributed by atoms with Gasteiger partial charge in [0.15, 0.2) is 5.57 Å². The Bertz CT molecular complexity index is 1560. The molecule has 0 spiro atoms. The third-order valence-corrected chi connectivity index (χ3v) is 6.30. The minimum Gasteiger partial charge on any atom is -0.321 e. The molecule has 162 valence electrons. The van der Waals surface area contributed by atoms with Crippen LogP contribution in [-0.4, -0.2) is 10.5 Å². The van der Waals surface area contributed by atoms with Crippen molar-refractivity contribution < 1.29 is 4.79 Å². The number of para-hydroxylation sites is 1. The van der Waals surface area contributed by atoms with E-state index in [1.807, 2.05) is 43.3 Å². The predicted octanol–water partition coefficient (Wildman–Crippen LogP) is 4.00. The van der Waals surface area contributed by atoms with Crippen LogP contribution >= 0.6 is 22.9 Å². The number of rotatable bonds is 4. The van der Waals surface area contributed by atoms with E-state index in [-0.39, 0.29) is 15.8 Å². The first-order chi connectivity index (χ1) is 16.0. The number of carbonyl (C=O) groups excluding carboxylic acids is 1. The summed E-state index contributed by atoms with van der Waals surface area (Å²) in [6, 6.07) is 25.4. The topological polar surface area (TPSA) is 74.9 Å². The first kappa shape index (κ1) is 22.3. The number of anilines is 1. The van der Waals surface area contributed by atoms with Gasteiger partial charge in [-0.15, -0.1) is 11.3 Å². The number of benzene rings is 3. The molecular formula is C26H18ClN3O2S. The Hall–Kier alpha value is -3.92. The molecule has 0 saturated carbocycles. The van der Waals surface area contributed by atoms with E-state index in [9.17, 15) is 14.9 Å². The maximum atomic E-state index is 13.4. The number of hydrogen-bond acceptors (Lipinski definition) is 4. The van der Waals surface area contributed by atoms with Gasteiger partial charge in [0.2, 0.25) is 0 Å². The molecule has 0 aliphatic carbocycles. The highest BCUT2D eigenvalue weighted by atomic mass is 35.5. The smallest absolute Gasteiger partial charge is 0.273 e. The Morgan fingerprint density at radius 3 is 2.48 bits per heavy atom. The van der Waals surface area contributed by atoms with Gasteiger partial charge in [-0.2, -0.15) is 5.26 Å². The molecule has 7 heteroatoms. The molecule has 0 aliphatic heterocycles. The summed E-state index contributed by atoms with van der Waals surface area (Å²) in [6.07, 6.45) is 1.67. The van der Waals surface area contributed by atoms with E-state index in [1.54, 1.807) is 54.6 Å². The minimum atomic E-state index is -0.585. The standard InChI is InChI=1S/C26H18ClN3O2S/c1-17-8-7-10-19(14-17)29-24(31)21(16-28)26-30(20-11-3-2-4-12-20)25(32)23(33-26)15-18-9-5-6-13-22(18)27/h2-15H,1H3,(H,29,31). The van der Waals surface area contributed by atoms with Crippen LogP contribution in [0.5, 0.6) is 0 Å². The molecule has 1 amide bonds. The molecule has 3 aromatic carbocycles. The summed E-state index contributed by atoms with van der Waals surface area (Å²) in [4.78, 5) is 26.5. The van der Waals surface area contributed by atoms with Crippen molar-refractivity contribution in [3.63, 3.8) is 0 Å². The summed E-state index contributed by atoms with van der Waals surface area (Å²) >= 11 is 7.35. The zero-order valence-electron chi connectivity index (χ0n) is 17.6. The molecule has 0 atom stereocenters. The van der Waals surface area contributed by atoms with E-state index in [0.717, 1.165) is 16.9 Å². The SMILES string of the molecule is Cc1cccc(NC(=O)C(C#N)=c2sc(=Cc3ccccc3Cl)c(=O)n2-c2ccccc2)c1. The summed E-state index contributed by atoms with van der Waals surface area (Å²) in [5.74, 6) is -0.585. The van der Waals surface area contributed by atoms with Gasteiger partial charge in [0.05, 0.1) is 10.2 Å². The zero-order valence-corrected chi connectivity index (χ0v) is 19.2. The van der Waals surface area contributed by atoms with Gasteiger partial charge >= 0.3 is 0 Å². The van der Waals surface area contributed by atoms with E-state index in [0.29, 0.717) is 26.5 Å². The maximum absolute atomic E-state index is 13.4. The van der Waals surface area contributed by atoms with E-state index in [4.69, 9.17) is 11.6 Å². The third kappa shape index (κ3) is 4.80. The van der Waals surface area contributed by atoms with Gasteiger partial charge in [0.1, 0.15) is 10.7 Å². The van der Waals surface area contributed by atoms with Crippen LogP contribution in [0.4, 0.5) is 5.69 Å². The summed E-state index contributed by atoms with van der Waals surface area (Å²) in [5.41, 5.74) is 2.29. The van der Waals surface area contributed by atoms with Crippen LogP contribution in [0.3, 0.4) is 0 Å². The monoisotopic (exact) mass is 471 g/mol. The number of hydrogen-bond donors (Lipinski definition) is 1. The van der Waals surface area contributed by atoms with Gasteiger partial charge in [0.25, 0.3) is 11.5 Å². The lowest BCUT2D eigenvalue weighted by atomic mass is 10.2. The zero-order chi connectivity index (χ0) is 23.4. The second kappa shape index (κ2) is 9.70. The lowest BCUT2D eigenvalue weighted by Gasteiger charge is -2.06. The predicted molar refractivity (Wildman–Crippen MR) is 133 cm³/mol. The molecule has 1 aromatic heterocycles. The molecule has 0 radical (unpaired) electrons. The normalized spacial score (nSPS) is 12.2. The van der Waals surface area contributed by atoms with Crippen molar-refractivity contribution in [3.8, 4) is 11.8 Å². The number of aromatic nitrogens is 1. The van der Waals surface area contributed by atoms with Crippen molar-refractivity contribution in [1.82, 2.24) is 4.57 Å². The van der Waals surface area contributed by atoms with Crippen LogP contribution in [0.2, 0.25) is 5.02 Å². The number of amides is 1. The van der Waals surface area contributed by atoms with Gasteiger partial charge in [-0.1, -0.05) is 60.1 Å². The summed E-state index contributed by atoms with van der Waals surface area (Å²) in [5, 5.41) is 13.2. The molecule has 0 aliphatic rings. The second-order valence-corrected chi connectivity index (χ2v) is 8.66. The van der Waals surface area contributed by atoms with Gasteiger partial charge in [-0.05, 0) is 54.5 Å². The van der Waals surface area contributed by atoms with Crippen molar-refractivity contribution in [3.05, 3.63) is 115 Å². The number of nitrogens with zero attached hydrogens (tertiary/aromatic N) is 2. The molecule has 4 rings (SSSR count). The summed E-state index contributed by atoms with van der Waals surface area (Å²) in [7, 11) is 0. The maximum Gasteiger partial charge on any atom is 0.273 e. The lowest BCUT2D eigenvalue weighted by molar-refractivity contribution is -0.111. The van der Waals surface area contributed by atoms with E-state index in [2.05, 4.69) is 5.32 Å². The number of nitrogens with one attached hydrogen (secondary N) is 1. The van der Waals surface area contributed by atoms with E-state index in [1.165, 1.54) is 4.57 Å². The number of thiazole rings is 1.